The summed E-state index contributed by atoms with van der Waals surface area (Å²) < 4.78 is 4.25. The van der Waals surface area contributed by atoms with Gasteiger partial charge in [0.2, 0.25) is 0 Å². The van der Waals surface area contributed by atoms with Gasteiger partial charge >= 0.3 is 26.2 Å². The van der Waals surface area contributed by atoms with E-state index < -0.39 is 0 Å². The minimum Gasteiger partial charge on any atom is -1.00 e. The van der Waals surface area contributed by atoms with Crippen LogP contribution in [0.1, 0.15) is 0 Å². The van der Waals surface area contributed by atoms with Crippen LogP contribution in [0.15, 0.2) is 122 Å². The molecule has 0 spiro atoms. The van der Waals surface area contributed by atoms with Gasteiger partial charge in [0.1, 0.15) is 0 Å². The van der Waals surface area contributed by atoms with Gasteiger partial charge in [-0.15, -0.1) is 82.2 Å². The number of aromatic nitrogens is 2. The van der Waals surface area contributed by atoms with Gasteiger partial charge in [-0.3, -0.25) is 0 Å². The van der Waals surface area contributed by atoms with Crippen molar-refractivity contribution < 1.29 is 35.6 Å². The topological polar surface area (TPSA) is 9.86 Å². The average Bonchev–Trinajstić information content (AvgIpc) is 3.54. The molecule has 0 saturated heterocycles. The van der Waals surface area contributed by atoms with Crippen molar-refractivity contribution in [2.24, 2.45) is 0 Å². The van der Waals surface area contributed by atoms with Crippen LogP contribution in [0.2, 0.25) is 0 Å². The zero-order valence-electron chi connectivity index (χ0n) is 16.7. The van der Waals surface area contributed by atoms with Crippen molar-refractivity contribution in [2.75, 3.05) is 0 Å². The maximum Gasteiger partial charge on any atom is 4.00 e. The van der Waals surface area contributed by atoms with Gasteiger partial charge < -0.3 is 18.5 Å². The molecule has 0 saturated carbocycles. The SMILES string of the molecule is [F-].[F-].[Zr+4].c1ccc2[cH-]c(-n3cccc3)cc2c1.c1ccc2[cH-]c(-n3cccc3)cc2c1. The summed E-state index contributed by atoms with van der Waals surface area (Å²) in [7, 11) is 0. The monoisotopic (exact) mass is 488 g/mol. The molecule has 4 aromatic carbocycles. The molecule has 0 bridgehead atoms. The van der Waals surface area contributed by atoms with E-state index in [4.69, 9.17) is 0 Å². The first-order valence-corrected chi connectivity index (χ1v) is 9.44. The Hall–Kier alpha value is -3.04. The number of hydrogen-bond donors (Lipinski definition) is 0. The minimum atomic E-state index is 0. The fourth-order valence-corrected chi connectivity index (χ4v) is 3.58. The second kappa shape index (κ2) is 10.8. The molecule has 2 nitrogen and oxygen atoms in total. The Morgan fingerprint density at radius 3 is 1.19 bits per heavy atom. The predicted octanol–water partition coefficient (Wildman–Crippen LogP) is 0.704. The normalized spacial score (nSPS) is 9.81. The number of nitrogens with zero attached hydrogens (tertiary/aromatic N) is 2. The Labute approximate surface area is 198 Å². The molecule has 152 valence electrons. The largest absolute Gasteiger partial charge is 4.00 e. The minimum absolute atomic E-state index is 0. The van der Waals surface area contributed by atoms with Gasteiger partial charge in [-0.25, -0.2) is 0 Å². The van der Waals surface area contributed by atoms with Crippen LogP contribution < -0.4 is 9.41 Å². The maximum absolute atomic E-state index is 2.20. The molecular weight excluding hydrogens is 470 g/mol. The Bertz CT molecular complexity index is 1140. The summed E-state index contributed by atoms with van der Waals surface area (Å²) >= 11 is 0. The van der Waals surface area contributed by atoms with Gasteiger partial charge in [0.15, 0.2) is 0 Å². The predicted molar refractivity (Wildman–Crippen MR) is 118 cm³/mol. The van der Waals surface area contributed by atoms with E-state index in [0.717, 1.165) is 0 Å². The van der Waals surface area contributed by atoms with Crippen LogP contribution in [0, 0.1) is 0 Å². The Balaban J connectivity index is 0.000000201. The molecule has 0 aliphatic carbocycles. The molecule has 0 N–H and O–H groups in total. The second-order valence-electron chi connectivity index (χ2n) is 6.87. The molecular formula is C26H20F2N2Zr. The molecule has 6 rings (SSSR count). The van der Waals surface area contributed by atoms with Crippen LogP contribution >= 0.6 is 0 Å². The Morgan fingerprint density at radius 1 is 0.484 bits per heavy atom. The van der Waals surface area contributed by atoms with E-state index in [2.05, 4.69) is 107 Å². The van der Waals surface area contributed by atoms with Crippen LogP contribution in [0.3, 0.4) is 0 Å². The molecule has 31 heavy (non-hydrogen) atoms. The number of hydrogen-bond acceptors (Lipinski definition) is 0. The standard InChI is InChI=1S/2C13H10N.2FH.Zr/c2*1-2-6-12-10-13(9-11(12)5-1)14-7-3-4-8-14;;;/h2*1-10H;2*1H;/q2*-1;;;+4/p-2. The third kappa shape index (κ3) is 5.18. The van der Waals surface area contributed by atoms with E-state index in [9.17, 15) is 0 Å². The average molecular weight is 490 g/mol. The summed E-state index contributed by atoms with van der Waals surface area (Å²) in [6.07, 6.45) is 8.25. The number of halogens is 2. The quantitative estimate of drug-likeness (QED) is 0.317. The second-order valence-corrected chi connectivity index (χ2v) is 6.87. The zero-order valence-corrected chi connectivity index (χ0v) is 19.2. The fourth-order valence-electron chi connectivity index (χ4n) is 3.58. The molecule has 0 amide bonds. The van der Waals surface area contributed by atoms with Gasteiger partial charge in [-0.2, -0.15) is 0 Å². The molecule has 5 heteroatoms. The first-order valence-electron chi connectivity index (χ1n) is 9.44. The smallest absolute Gasteiger partial charge is 1.00 e. The van der Waals surface area contributed by atoms with Crippen molar-refractivity contribution in [1.29, 1.82) is 0 Å². The molecule has 6 aromatic rings. The maximum atomic E-state index is 2.20. The van der Waals surface area contributed by atoms with E-state index in [1.54, 1.807) is 0 Å². The number of fused-ring (bicyclic) bond motifs is 2. The molecule has 2 aromatic heterocycles. The van der Waals surface area contributed by atoms with Gasteiger partial charge in [0.05, 0.1) is 0 Å². The zero-order chi connectivity index (χ0) is 18.8. The van der Waals surface area contributed by atoms with Gasteiger partial charge in [-0.1, -0.05) is 12.1 Å². The molecule has 0 fully saturated rings. The Morgan fingerprint density at radius 2 is 0.839 bits per heavy atom. The van der Waals surface area contributed by atoms with Crippen molar-refractivity contribution in [3.8, 4) is 11.4 Å². The summed E-state index contributed by atoms with van der Waals surface area (Å²) in [6.45, 7) is 0. The van der Waals surface area contributed by atoms with E-state index in [1.807, 2.05) is 24.3 Å². The molecule has 0 aliphatic rings. The van der Waals surface area contributed by atoms with E-state index >= 15 is 0 Å². The summed E-state index contributed by atoms with van der Waals surface area (Å²) in [6, 6.07) is 33.8. The molecule has 0 unspecified atom stereocenters. The van der Waals surface area contributed by atoms with Crippen LogP contribution in [0.25, 0.3) is 32.9 Å². The van der Waals surface area contributed by atoms with Gasteiger partial charge in [0.25, 0.3) is 0 Å². The van der Waals surface area contributed by atoms with E-state index in [-0.39, 0.29) is 35.6 Å². The first-order chi connectivity index (χ1) is 13.9. The fraction of sp³-hybridized carbons (Fsp3) is 0. The summed E-state index contributed by atoms with van der Waals surface area (Å²) in [5, 5.41) is 5.21. The van der Waals surface area contributed by atoms with E-state index in [1.165, 1.54) is 32.9 Å². The third-order valence-corrected chi connectivity index (χ3v) is 5.01. The van der Waals surface area contributed by atoms with Crippen LogP contribution in [0.4, 0.5) is 0 Å². The first kappa shape index (κ1) is 24.2. The van der Waals surface area contributed by atoms with Crippen molar-refractivity contribution in [3.63, 3.8) is 0 Å². The summed E-state index contributed by atoms with van der Waals surface area (Å²) in [5.74, 6) is 0. The number of benzene rings is 2. The molecule has 0 aliphatic heterocycles. The van der Waals surface area contributed by atoms with Crippen molar-refractivity contribution >= 4 is 21.5 Å². The number of rotatable bonds is 2. The van der Waals surface area contributed by atoms with E-state index in [0.29, 0.717) is 0 Å². The summed E-state index contributed by atoms with van der Waals surface area (Å²) in [5.41, 5.74) is 2.47. The van der Waals surface area contributed by atoms with Crippen molar-refractivity contribution in [3.05, 3.63) is 122 Å². The van der Waals surface area contributed by atoms with Gasteiger partial charge in [0, 0.05) is 24.8 Å². The van der Waals surface area contributed by atoms with Crippen molar-refractivity contribution in [1.82, 2.24) is 9.13 Å². The van der Waals surface area contributed by atoms with Crippen LogP contribution in [-0.4, -0.2) is 9.13 Å². The molecule has 0 atom stereocenters. The van der Waals surface area contributed by atoms with Crippen LogP contribution in [-0.2, 0) is 26.2 Å². The molecule has 2 heterocycles. The van der Waals surface area contributed by atoms with Crippen molar-refractivity contribution in [2.45, 2.75) is 0 Å². The summed E-state index contributed by atoms with van der Waals surface area (Å²) in [4.78, 5) is 0. The Kier molecular flexibility index (Phi) is 8.47. The van der Waals surface area contributed by atoms with Gasteiger partial charge in [-0.05, 0) is 35.6 Å². The van der Waals surface area contributed by atoms with Crippen LogP contribution in [0.5, 0.6) is 0 Å². The molecule has 0 radical (unpaired) electrons. The third-order valence-electron chi connectivity index (χ3n) is 5.01.